The summed E-state index contributed by atoms with van der Waals surface area (Å²) in [6, 6.07) is 23.5. The van der Waals surface area contributed by atoms with E-state index in [9.17, 15) is 4.79 Å². The van der Waals surface area contributed by atoms with Gasteiger partial charge in [-0.3, -0.25) is 4.79 Å². The van der Waals surface area contributed by atoms with Crippen LogP contribution in [0.1, 0.15) is 36.8 Å². The van der Waals surface area contributed by atoms with Gasteiger partial charge in [0.05, 0.1) is 25.6 Å². The van der Waals surface area contributed by atoms with Crippen LogP contribution in [0.4, 0.5) is 11.4 Å². The molecule has 3 aromatic rings. The fraction of sp³-hybridized carbons (Fsp3) is 0.296. The van der Waals surface area contributed by atoms with Gasteiger partial charge in [-0.2, -0.15) is 0 Å². The molecule has 1 unspecified atom stereocenters. The second-order valence-electron chi connectivity index (χ2n) is 8.16. The van der Waals surface area contributed by atoms with Gasteiger partial charge in [-0.15, -0.1) is 0 Å². The number of hydrogen-bond donors (Lipinski definition) is 3. The average molecular weight is 446 g/mol. The number of benzene rings is 3. The van der Waals surface area contributed by atoms with Gasteiger partial charge in [0.2, 0.25) is 5.91 Å². The molecule has 1 heterocycles. The monoisotopic (exact) mass is 445 g/mol. The van der Waals surface area contributed by atoms with Crippen molar-refractivity contribution in [1.29, 1.82) is 0 Å². The molecule has 0 saturated heterocycles. The molecule has 6 nitrogen and oxygen atoms in total. The molecular formula is C27H31N3O3. The Morgan fingerprint density at radius 1 is 0.939 bits per heavy atom. The van der Waals surface area contributed by atoms with Crippen LogP contribution in [0, 0.1) is 0 Å². The Balaban J connectivity index is 1.90. The first kappa shape index (κ1) is 22.5. The zero-order valence-corrected chi connectivity index (χ0v) is 19.4. The lowest BCUT2D eigenvalue weighted by atomic mass is 9.80. The van der Waals surface area contributed by atoms with Crippen LogP contribution in [-0.2, 0) is 10.5 Å². The number of ether oxygens (including phenoxy) is 2. The second-order valence-corrected chi connectivity index (χ2v) is 8.16. The zero-order chi connectivity index (χ0) is 23.3. The highest BCUT2D eigenvalue weighted by Gasteiger charge is 2.50. The normalized spacial score (nSPS) is 14.4. The van der Waals surface area contributed by atoms with E-state index in [1.54, 1.807) is 14.2 Å². The van der Waals surface area contributed by atoms with Gasteiger partial charge in [-0.25, -0.2) is 0 Å². The van der Waals surface area contributed by atoms with Gasteiger partial charge in [0.1, 0.15) is 17.4 Å². The molecule has 0 aliphatic carbocycles. The van der Waals surface area contributed by atoms with Crippen molar-refractivity contribution in [3.8, 4) is 11.5 Å². The molecular weight excluding hydrogens is 414 g/mol. The fourth-order valence-electron chi connectivity index (χ4n) is 4.45. The fourth-order valence-corrected chi connectivity index (χ4v) is 4.45. The van der Waals surface area contributed by atoms with Gasteiger partial charge >= 0.3 is 0 Å². The molecule has 1 amide bonds. The van der Waals surface area contributed by atoms with Crippen molar-refractivity contribution < 1.29 is 14.3 Å². The standard InChI is InChI=1S/C27H31N3O3/c1-4-5-17-28-26(31)25(19-11-7-6-8-12-19)27(29-22-13-9-10-14-23(22)30-27)21-16-15-20(32-2)18-24(21)33-3/h6-16,18,25,29-30H,4-5,17H2,1-3H3,(H,28,31). The van der Waals surface area contributed by atoms with Crippen molar-refractivity contribution in [1.82, 2.24) is 5.32 Å². The van der Waals surface area contributed by atoms with Gasteiger partial charge in [0.25, 0.3) is 0 Å². The van der Waals surface area contributed by atoms with Gasteiger partial charge in [-0.1, -0.05) is 55.8 Å². The molecule has 0 spiro atoms. The molecule has 172 valence electrons. The number of anilines is 2. The Kier molecular flexibility index (Phi) is 6.73. The number of unbranched alkanes of at least 4 members (excludes halogenated alkanes) is 1. The topological polar surface area (TPSA) is 71.6 Å². The summed E-state index contributed by atoms with van der Waals surface area (Å²) in [5.74, 6) is 0.681. The lowest BCUT2D eigenvalue weighted by Crippen LogP contribution is -2.51. The first-order chi connectivity index (χ1) is 16.1. The van der Waals surface area contributed by atoms with Crippen LogP contribution in [0.15, 0.2) is 72.8 Å². The number of carbonyl (C=O) groups excluding carboxylic acids is 1. The Labute approximate surface area is 195 Å². The van der Waals surface area contributed by atoms with Crippen LogP contribution in [0.5, 0.6) is 11.5 Å². The van der Waals surface area contributed by atoms with E-state index in [1.165, 1.54) is 0 Å². The Morgan fingerprint density at radius 2 is 1.61 bits per heavy atom. The maximum absolute atomic E-state index is 13.8. The van der Waals surface area contributed by atoms with Crippen LogP contribution in [0.3, 0.4) is 0 Å². The van der Waals surface area contributed by atoms with Crippen molar-refractivity contribution in [2.45, 2.75) is 31.3 Å². The SMILES string of the molecule is CCCCNC(=O)C(c1ccccc1)C1(c2ccc(OC)cc2OC)Nc2ccccc2N1. The van der Waals surface area contributed by atoms with Crippen molar-refractivity contribution >= 4 is 17.3 Å². The number of rotatable bonds is 9. The summed E-state index contributed by atoms with van der Waals surface area (Å²) < 4.78 is 11.2. The molecule has 1 atom stereocenters. The largest absolute Gasteiger partial charge is 0.497 e. The smallest absolute Gasteiger partial charge is 0.232 e. The Bertz CT molecular complexity index is 1080. The first-order valence-electron chi connectivity index (χ1n) is 11.3. The molecule has 4 rings (SSSR count). The average Bonchev–Trinajstić information content (AvgIpc) is 3.24. The minimum Gasteiger partial charge on any atom is -0.497 e. The second kappa shape index (κ2) is 9.86. The summed E-state index contributed by atoms with van der Waals surface area (Å²) in [7, 11) is 3.26. The van der Waals surface area contributed by atoms with Crippen LogP contribution in [0.25, 0.3) is 0 Å². The third-order valence-corrected chi connectivity index (χ3v) is 6.08. The lowest BCUT2D eigenvalue weighted by molar-refractivity contribution is -0.123. The van der Waals surface area contributed by atoms with Crippen molar-refractivity contribution in [2.75, 3.05) is 31.4 Å². The number of methoxy groups -OCH3 is 2. The minimum absolute atomic E-state index is 0.0553. The highest BCUT2D eigenvalue weighted by atomic mass is 16.5. The highest BCUT2D eigenvalue weighted by Crippen LogP contribution is 2.50. The molecule has 0 bridgehead atoms. The maximum Gasteiger partial charge on any atom is 0.232 e. The molecule has 1 aliphatic rings. The third-order valence-electron chi connectivity index (χ3n) is 6.08. The van der Waals surface area contributed by atoms with Crippen LogP contribution >= 0.6 is 0 Å². The van der Waals surface area contributed by atoms with Crippen molar-refractivity contribution in [3.63, 3.8) is 0 Å². The minimum atomic E-state index is -0.973. The van der Waals surface area contributed by atoms with Crippen molar-refractivity contribution in [3.05, 3.63) is 83.9 Å². The van der Waals surface area contributed by atoms with E-state index >= 15 is 0 Å². The van der Waals surface area contributed by atoms with E-state index in [0.29, 0.717) is 18.0 Å². The predicted octanol–water partition coefficient (Wildman–Crippen LogP) is 5.09. The van der Waals surface area contributed by atoms with E-state index in [0.717, 1.165) is 35.3 Å². The molecule has 0 saturated carbocycles. The first-order valence-corrected chi connectivity index (χ1v) is 11.3. The van der Waals surface area contributed by atoms with E-state index in [1.807, 2.05) is 72.8 Å². The van der Waals surface area contributed by atoms with Gasteiger partial charge in [0, 0.05) is 18.2 Å². The summed E-state index contributed by atoms with van der Waals surface area (Å²) in [4.78, 5) is 13.8. The molecule has 0 fully saturated rings. The van der Waals surface area contributed by atoms with Crippen molar-refractivity contribution in [2.24, 2.45) is 0 Å². The summed E-state index contributed by atoms with van der Waals surface area (Å²) in [6.45, 7) is 2.74. The van der Waals surface area contributed by atoms with E-state index in [-0.39, 0.29) is 5.91 Å². The summed E-state index contributed by atoms with van der Waals surface area (Å²) in [5.41, 5.74) is 2.60. The number of nitrogens with one attached hydrogen (secondary N) is 3. The van der Waals surface area contributed by atoms with E-state index in [4.69, 9.17) is 9.47 Å². The Morgan fingerprint density at radius 3 is 2.21 bits per heavy atom. The van der Waals surface area contributed by atoms with E-state index in [2.05, 4.69) is 22.9 Å². The number of fused-ring (bicyclic) bond motifs is 1. The molecule has 3 aromatic carbocycles. The zero-order valence-electron chi connectivity index (χ0n) is 19.4. The highest BCUT2D eigenvalue weighted by molar-refractivity contribution is 5.90. The number of hydrogen-bond acceptors (Lipinski definition) is 5. The molecule has 1 aliphatic heterocycles. The number of amides is 1. The predicted molar refractivity (Wildman–Crippen MR) is 132 cm³/mol. The van der Waals surface area contributed by atoms with Crippen LogP contribution < -0.4 is 25.4 Å². The summed E-state index contributed by atoms with van der Waals surface area (Å²) >= 11 is 0. The van der Waals surface area contributed by atoms with Crippen LogP contribution in [0.2, 0.25) is 0 Å². The number of carbonyl (C=O) groups is 1. The maximum atomic E-state index is 13.8. The third kappa shape index (κ3) is 4.33. The molecule has 0 aromatic heterocycles. The lowest BCUT2D eigenvalue weighted by Gasteiger charge is -2.39. The quantitative estimate of drug-likeness (QED) is 0.400. The number of para-hydroxylation sites is 2. The van der Waals surface area contributed by atoms with Gasteiger partial charge in [0.15, 0.2) is 5.66 Å². The van der Waals surface area contributed by atoms with Gasteiger partial charge in [-0.05, 0) is 36.2 Å². The molecule has 6 heteroatoms. The van der Waals surface area contributed by atoms with Crippen LogP contribution in [-0.4, -0.2) is 26.7 Å². The molecule has 0 radical (unpaired) electrons. The van der Waals surface area contributed by atoms with E-state index < -0.39 is 11.6 Å². The Hall–Kier alpha value is -3.67. The van der Waals surface area contributed by atoms with Gasteiger partial charge < -0.3 is 25.4 Å². The molecule has 33 heavy (non-hydrogen) atoms. The molecule has 3 N–H and O–H groups in total. The summed E-state index contributed by atoms with van der Waals surface area (Å²) in [6.07, 6.45) is 1.93. The summed E-state index contributed by atoms with van der Waals surface area (Å²) in [5, 5.41) is 10.5.